The van der Waals surface area contributed by atoms with E-state index in [1.54, 1.807) is 17.9 Å². The highest BCUT2D eigenvalue weighted by molar-refractivity contribution is 6.02. The van der Waals surface area contributed by atoms with Crippen LogP contribution in [0.2, 0.25) is 0 Å². The maximum absolute atomic E-state index is 12.6. The number of pyridine rings is 1. The number of carbonyl (C=O) groups is 2. The van der Waals surface area contributed by atoms with Gasteiger partial charge in [0.1, 0.15) is 11.4 Å². The van der Waals surface area contributed by atoms with Crippen LogP contribution < -0.4 is 15.4 Å². The van der Waals surface area contributed by atoms with Crippen molar-refractivity contribution >= 4 is 23.2 Å². The van der Waals surface area contributed by atoms with Crippen molar-refractivity contribution in [2.75, 3.05) is 39.1 Å². The lowest BCUT2D eigenvalue weighted by molar-refractivity contribution is -0.131. The maximum Gasteiger partial charge on any atom is 0.270 e. The molecule has 2 amide bonds. The lowest BCUT2D eigenvalue weighted by atomic mass is 9.96. The highest BCUT2D eigenvalue weighted by atomic mass is 16.5. The van der Waals surface area contributed by atoms with Crippen molar-refractivity contribution in [1.82, 2.24) is 25.3 Å². The molecular weight excluding hydrogens is 462 g/mol. The molecule has 3 aromatic rings. The lowest BCUT2D eigenvalue weighted by Gasteiger charge is -2.30. The van der Waals surface area contributed by atoms with Crippen LogP contribution in [0, 0.1) is 5.41 Å². The Morgan fingerprint density at radius 2 is 2.00 bits per heavy atom. The van der Waals surface area contributed by atoms with E-state index < -0.39 is 5.91 Å². The van der Waals surface area contributed by atoms with Crippen LogP contribution in [-0.2, 0) is 4.79 Å². The van der Waals surface area contributed by atoms with E-state index >= 15 is 0 Å². The molecule has 1 aromatic carbocycles. The van der Waals surface area contributed by atoms with E-state index in [0.29, 0.717) is 49.1 Å². The van der Waals surface area contributed by atoms with Crippen molar-refractivity contribution in [3.05, 3.63) is 53.7 Å². The number of nitrogens with one attached hydrogen (secondary N) is 3. The highest BCUT2D eigenvalue weighted by Crippen LogP contribution is 2.30. The topological polar surface area (TPSA) is 146 Å². The van der Waals surface area contributed by atoms with E-state index in [4.69, 9.17) is 14.7 Å². The van der Waals surface area contributed by atoms with Gasteiger partial charge in [0, 0.05) is 60.8 Å². The summed E-state index contributed by atoms with van der Waals surface area (Å²) >= 11 is 0. The standard InChI is InChI=1S/C25H29N7O4/c1-15(26)19-5-4-17(12-20(19)27-2)23-30-25(36-31-23)16-7-10-32(11-8-16)22(33)14-29-24(34)21-13-18(35-3)6-9-28-21/h4-6,9,12-13,16,26-27H,7-8,10-11,14H2,1-3H3,(H,29,34). The number of rotatable bonds is 8. The van der Waals surface area contributed by atoms with Crippen LogP contribution in [0.15, 0.2) is 41.1 Å². The molecule has 0 bridgehead atoms. The first-order chi connectivity index (χ1) is 17.4. The van der Waals surface area contributed by atoms with E-state index in [0.717, 1.165) is 16.8 Å². The summed E-state index contributed by atoms with van der Waals surface area (Å²) in [5.74, 6) is 1.03. The molecule has 3 N–H and O–H groups in total. The van der Waals surface area contributed by atoms with Crippen LogP contribution in [0.25, 0.3) is 11.4 Å². The van der Waals surface area contributed by atoms with E-state index in [9.17, 15) is 9.59 Å². The zero-order chi connectivity index (χ0) is 25.7. The number of ether oxygens (including phenoxy) is 1. The molecule has 0 saturated carbocycles. The predicted molar refractivity (Wildman–Crippen MR) is 133 cm³/mol. The minimum atomic E-state index is -0.430. The Kier molecular flexibility index (Phi) is 7.57. The van der Waals surface area contributed by atoms with Crippen molar-refractivity contribution < 1.29 is 18.8 Å². The fourth-order valence-corrected chi connectivity index (χ4v) is 4.13. The minimum Gasteiger partial charge on any atom is -0.497 e. The molecule has 0 aliphatic carbocycles. The average Bonchev–Trinajstić information content (AvgIpc) is 3.41. The Hall–Kier alpha value is -4.28. The summed E-state index contributed by atoms with van der Waals surface area (Å²) in [6, 6.07) is 8.81. The molecule has 11 nitrogen and oxygen atoms in total. The monoisotopic (exact) mass is 491 g/mol. The van der Waals surface area contributed by atoms with Crippen molar-refractivity contribution in [2.24, 2.45) is 0 Å². The minimum absolute atomic E-state index is 0.0535. The van der Waals surface area contributed by atoms with Gasteiger partial charge in [-0.15, -0.1) is 0 Å². The second-order valence-electron chi connectivity index (χ2n) is 8.51. The molecule has 0 unspecified atom stereocenters. The number of methoxy groups -OCH3 is 1. The van der Waals surface area contributed by atoms with E-state index in [-0.39, 0.29) is 24.1 Å². The molecule has 188 valence electrons. The summed E-state index contributed by atoms with van der Waals surface area (Å²) in [5, 5.41) is 17.8. The van der Waals surface area contributed by atoms with Crippen molar-refractivity contribution in [2.45, 2.75) is 25.7 Å². The Balaban J connectivity index is 1.31. The fourth-order valence-electron chi connectivity index (χ4n) is 4.13. The molecule has 3 heterocycles. The number of anilines is 1. The summed E-state index contributed by atoms with van der Waals surface area (Å²) in [5.41, 5.74) is 3.11. The molecule has 11 heteroatoms. The van der Waals surface area contributed by atoms with Gasteiger partial charge in [0.15, 0.2) is 0 Å². The molecular formula is C25H29N7O4. The molecule has 36 heavy (non-hydrogen) atoms. The van der Waals surface area contributed by atoms with E-state index in [1.165, 1.54) is 19.4 Å². The fraction of sp³-hybridized carbons (Fsp3) is 0.360. The number of hydrogen-bond acceptors (Lipinski definition) is 9. The van der Waals surface area contributed by atoms with Gasteiger partial charge in [-0.1, -0.05) is 17.3 Å². The average molecular weight is 492 g/mol. The number of aromatic nitrogens is 3. The summed E-state index contributed by atoms with van der Waals surface area (Å²) in [4.78, 5) is 35.3. The summed E-state index contributed by atoms with van der Waals surface area (Å²) in [6.45, 7) is 2.70. The first-order valence-electron chi connectivity index (χ1n) is 11.7. The van der Waals surface area contributed by atoms with Crippen molar-refractivity contribution in [3.63, 3.8) is 0 Å². The van der Waals surface area contributed by atoms with Gasteiger partial charge in [-0.3, -0.25) is 14.6 Å². The largest absolute Gasteiger partial charge is 0.497 e. The summed E-state index contributed by atoms with van der Waals surface area (Å²) < 4.78 is 10.7. The van der Waals surface area contributed by atoms with Crippen LogP contribution in [0.1, 0.15) is 47.6 Å². The normalized spacial score (nSPS) is 13.8. The van der Waals surface area contributed by atoms with Gasteiger partial charge in [-0.05, 0) is 31.9 Å². The molecule has 0 radical (unpaired) electrons. The molecule has 2 aromatic heterocycles. The highest BCUT2D eigenvalue weighted by Gasteiger charge is 2.28. The van der Waals surface area contributed by atoms with Gasteiger partial charge in [-0.25, -0.2) is 0 Å². The number of nitrogens with zero attached hydrogens (tertiary/aromatic N) is 4. The summed E-state index contributed by atoms with van der Waals surface area (Å²) in [7, 11) is 3.32. The van der Waals surface area contributed by atoms with Crippen LogP contribution in [0.3, 0.4) is 0 Å². The second kappa shape index (κ2) is 11.0. The quantitative estimate of drug-likeness (QED) is 0.408. The van der Waals surface area contributed by atoms with Gasteiger partial charge < -0.3 is 30.2 Å². The number of carbonyl (C=O) groups excluding carboxylic acids is 2. The first-order valence-corrected chi connectivity index (χ1v) is 11.7. The number of benzene rings is 1. The number of piperidine rings is 1. The van der Waals surface area contributed by atoms with Gasteiger partial charge >= 0.3 is 0 Å². The molecule has 0 atom stereocenters. The zero-order valence-electron chi connectivity index (χ0n) is 20.5. The first kappa shape index (κ1) is 24.8. The number of hydrogen-bond donors (Lipinski definition) is 3. The Morgan fingerprint density at radius 3 is 2.69 bits per heavy atom. The van der Waals surface area contributed by atoms with Crippen LogP contribution >= 0.6 is 0 Å². The Bertz CT molecular complexity index is 1260. The van der Waals surface area contributed by atoms with Gasteiger partial charge in [0.05, 0.1) is 13.7 Å². The number of amides is 2. The Morgan fingerprint density at radius 1 is 1.22 bits per heavy atom. The molecule has 1 fully saturated rings. The van der Waals surface area contributed by atoms with Gasteiger partial charge in [0.2, 0.25) is 17.6 Å². The third-order valence-electron chi connectivity index (χ3n) is 6.19. The smallest absolute Gasteiger partial charge is 0.270 e. The molecule has 1 saturated heterocycles. The Labute approximate surface area is 208 Å². The zero-order valence-corrected chi connectivity index (χ0v) is 20.5. The van der Waals surface area contributed by atoms with Gasteiger partial charge in [0.25, 0.3) is 5.91 Å². The predicted octanol–water partition coefficient (Wildman–Crippen LogP) is 2.71. The van der Waals surface area contributed by atoms with Crippen LogP contribution in [0.4, 0.5) is 5.69 Å². The molecule has 1 aliphatic rings. The lowest BCUT2D eigenvalue weighted by Crippen LogP contribution is -2.43. The van der Waals surface area contributed by atoms with Crippen LogP contribution in [-0.4, -0.2) is 71.3 Å². The van der Waals surface area contributed by atoms with Crippen molar-refractivity contribution in [1.29, 1.82) is 5.41 Å². The molecule has 0 spiro atoms. The number of likely N-dealkylation sites (tertiary alicyclic amines) is 1. The van der Waals surface area contributed by atoms with Crippen LogP contribution in [0.5, 0.6) is 5.75 Å². The second-order valence-corrected chi connectivity index (χ2v) is 8.51. The molecule has 1 aliphatic heterocycles. The van der Waals surface area contributed by atoms with E-state index in [1.807, 2.05) is 25.2 Å². The van der Waals surface area contributed by atoms with Crippen molar-refractivity contribution in [3.8, 4) is 17.1 Å². The SMILES string of the molecule is CNc1cc(-c2noc(C3CCN(C(=O)CNC(=O)c4cc(OC)ccn4)CC3)n2)ccc1C(C)=N. The summed E-state index contributed by atoms with van der Waals surface area (Å²) in [6.07, 6.45) is 2.86. The third-order valence-corrected chi connectivity index (χ3v) is 6.19. The molecule has 4 rings (SSSR count). The third kappa shape index (κ3) is 5.51. The maximum atomic E-state index is 12.6. The van der Waals surface area contributed by atoms with E-state index in [2.05, 4.69) is 25.8 Å². The van der Waals surface area contributed by atoms with Gasteiger partial charge in [-0.2, -0.15) is 4.98 Å².